The van der Waals surface area contributed by atoms with Gasteiger partial charge in [-0.15, -0.1) is 0 Å². The lowest BCUT2D eigenvalue weighted by Crippen LogP contribution is -2.30. The van der Waals surface area contributed by atoms with Crippen molar-refractivity contribution in [1.29, 1.82) is 0 Å². The summed E-state index contributed by atoms with van der Waals surface area (Å²) in [5.74, 6) is 0.188. The Kier molecular flexibility index (Phi) is 7.17. The Morgan fingerprint density at radius 1 is 0.852 bits per heavy atom. The van der Waals surface area contributed by atoms with E-state index < -0.39 is 0 Å². The van der Waals surface area contributed by atoms with Crippen molar-refractivity contribution >= 4 is 17.5 Å². The molecule has 1 unspecified atom stereocenters. The molecule has 0 saturated heterocycles. The van der Waals surface area contributed by atoms with E-state index >= 15 is 0 Å². The molecule has 2 N–H and O–H groups in total. The van der Waals surface area contributed by atoms with Crippen LogP contribution in [0.15, 0.2) is 48.5 Å². The normalized spacial score (nSPS) is 12.1. The molecule has 2 aromatic rings. The molecule has 2 aromatic carbocycles. The van der Waals surface area contributed by atoms with Crippen LogP contribution in [0.5, 0.6) is 0 Å². The summed E-state index contributed by atoms with van der Waals surface area (Å²) in [5, 5.41) is 5.77. The molecule has 2 rings (SSSR count). The van der Waals surface area contributed by atoms with Crippen molar-refractivity contribution in [2.24, 2.45) is 5.92 Å². The number of amides is 2. The average Bonchev–Trinajstić information content (AvgIpc) is 2.61. The summed E-state index contributed by atoms with van der Waals surface area (Å²) < 4.78 is 0. The van der Waals surface area contributed by atoms with E-state index in [1.807, 2.05) is 32.9 Å². The van der Waals surface area contributed by atoms with E-state index in [0.29, 0.717) is 17.2 Å². The molecule has 0 aliphatic rings. The van der Waals surface area contributed by atoms with Crippen LogP contribution in [-0.4, -0.2) is 17.9 Å². The predicted octanol–water partition coefficient (Wildman–Crippen LogP) is 4.77. The van der Waals surface area contributed by atoms with E-state index in [1.165, 1.54) is 5.56 Å². The van der Waals surface area contributed by atoms with Crippen LogP contribution in [0.1, 0.15) is 62.0 Å². The number of benzene rings is 2. The lowest BCUT2D eigenvalue weighted by atomic mass is 9.96. The highest BCUT2D eigenvalue weighted by Crippen LogP contribution is 2.20. The topological polar surface area (TPSA) is 58.2 Å². The van der Waals surface area contributed by atoms with Crippen molar-refractivity contribution in [3.63, 3.8) is 0 Å². The zero-order valence-electron chi connectivity index (χ0n) is 16.9. The average molecular weight is 367 g/mol. The van der Waals surface area contributed by atoms with E-state index in [-0.39, 0.29) is 23.8 Å². The Bertz CT molecular complexity index is 762. The van der Waals surface area contributed by atoms with Gasteiger partial charge in [-0.25, -0.2) is 0 Å². The van der Waals surface area contributed by atoms with Crippen molar-refractivity contribution in [1.82, 2.24) is 5.32 Å². The van der Waals surface area contributed by atoms with Crippen molar-refractivity contribution in [2.45, 2.75) is 53.0 Å². The van der Waals surface area contributed by atoms with Crippen LogP contribution in [0.25, 0.3) is 0 Å². The van der Waals surface area contributed by atoms with Gasteiger partial charge in [0.05, 0.1) is 5.92 Å². The number of carbonyl (C=O) groups is 2. The van der Waals surface area contributed by atoms with E-state index in [2.05, 4.69) is 36.6 Å². The summed E-state index contributed by atoms with van der Waals surface area (Å²) in [7, 11) is 0. The summed E-state index contributed by atoms with van der Waals surface area (Å²) in [4.78, 5) is 24.5. The summed E-state index contributed by atoms with van der Waals surface area (Å²) in [6, 6.07) is 15.3. The van der Waals surface area contributed by atoms with Crippen LogP contribution in [-0.2, 0) is 11.2 Å². The van der Waals surface area contributed by atoms with Gasteiger partial charge in [0, 0.05) is 17.3 Å². The third-order valence-electron chi connectivity index (χ3n) is 4.35. The summed E-state index contributed by atoms with van der Waals surface area (Å²) in [5.41, 5.74) is 3.55. The SMILES string of the molecule is CC(C)Cc1ccc(C(C)C(=O)Nc2ccc(C(=O)NC(C)C)cc2)cc1. The molecule has 2 amide bonds. The molecule has 0 aliphatic heterocycles. The van der Waals surface area contributed by atoms with Gasteiger partial charge in [0.1, 0.15) is 0 Å². The number of hydrogen-bond acceptors (Lipinski definition) is 2. The Balaban J connectivity index is 1.98. The largest absolute Gasteiger partial charge is 0.350 e. The van der Waals surface area contributed by atoms with E-state index in [1.54, 1.807) is 24.3 Å². The van der Waals surface area contributed by atoms with Crippen LogP contribution in [0.4, 0.5) is 5.69 Å². The van der Waals surface area contributed by atoms with Gasteiger partial charge in [0.2, 0.25) is 5.91 Å². The first-order chi connectivity index (χ1) is 12.8. The summed E-state index contributed by atoms with van der Waals surface area (Å²) in [6.45, 7) is 10.1. The number of rotatable bonds is 7. The van der Waals surface area contributed by atoms with Crippen molar-refractivity contribution in [3.05, 3.63) is 65.2 Å². The predicted molar refractivity (Wildman–Crippen MR) is 111 cm³/mol. The summed E-state index contributed by atoms with van der Waals surface area (Å²) in [6.07, 6.45) is 1.04. The third-order valence-corrected chi connectivity index (χ3v) is 4.35. The first kappa shape index (κ1) is 20.7. The third kappa shape index (κ3) is 6.24. The molecule has 4 nitrogen and oxygen atoms in total. The quantitative estimate of drug-likeness (QED) is 0.742. The van der Waals surface area contributed by atoms with Crippen LogP contribution in [0, 0.1) is 5.92 Å². The lowest BCUT2D eigenvalue weighted by molar-refractivity contribution is -0.117. The maximum absolute atomic E-state index is 12.5. The first-order valence-electron chi connectivity index (χ1n) is 9.57. The maximum atomic E-state index is 12.5. The van der Waals surface area contributed by atoms with E-state index in [0.717, 1.165) is 12.0 Å². The van der Waals surface area contributed by atoms with Gasteiger partial charge in [0.15, 0.2) is 0 Å². The Morgan fingerprint density at radius 3 is 1.96 bits per heavy atom. The molecule has 4 heteroatoms. The molecule has 0 saturated carbocycles. The molecule has 0 fully saturated rings. The Hall–Kier alpha value is -2.62. The second kappa shape index (κ2) is 9.36. The molecule has 0 aliphatic carbocycles. The van der Waals surface area contributed by atoms with Gasteiger partial charge in [-0.3, -0.25) is 9.59 Å². The zero-order valence-corrected chi connectivity index (χ0v) is 16.9. The molecule has 0 heterocycles. The van der Waals surface area contributed by atoms with Gasteiger partial charge in [-0.1, -0.05) is 38.1 Å². The Labute approximate surface area is 162 Å². The number of anilines is 1. The van der Waals surface area contributed by atoms with Crippen LogP contribution >= 0.6 is 0 Å². The fourth-order valence-corrected chi connectivity index (χ4v) is 2.87. The highest BCUT2D eigenvalue weighted by atomic mass is 16.2. The van der Waals surface area contributed by atoms with Gasteiger partial charge in [-0.2, -0.15) is 0 Å². The monoisotopic (exact) mass is 366 g/mol. The van der Waals surface area contributed by atoms with Crippen molar-refractivity contribution in [2.75, 3.05) is 5.32 Å². The van der Waals surface area contributed by atoms with E-state index in [9.17, 15) is 9.59 Å². The minimum Gasteiger partial charge on any atom is -0.350 e. The highest BCUT2D eigenvalue weighted by molar-refractivity contribution is 5.97. The zero-order chi connectivity index (χ0) is 20.0. The van der Waals surface area contributed by atoms with Crippen molar-refractivity contribution < 1.29 is 9.59 Å². The van der Waals surface area contributed by atoms with Gasteiger partial charge >= 0.3 is 0 Å². The molecule has 0 bridgehead atoms. The standard InChI is InChI=1S/C23H30N2O2/c1-15(2)14-18-6-8-19(9-7-18)17(5)22(26)25-21-12-10-20(11-13-21)23(27)24-16(3)4/h6-13,15-17H,14H2,1-5H3,(H,24,27)(H,25,26). The lowest BCUT2D eigenvalue weighted by Gasteiger charge is -2.14. The molecule has 0 radical (unpaired) electrons. The summed E-state index contributed by atoms with van der Waals surface area (Å²) >= 11 is 0. The first-order valence-corrected chi connectivity index (χ1v) is 9.57. The van der Waals surface area contributed by atoms with E-state index in [4.69, 9.17) is 0 Å². The van der Waals surface area contributed by atoms with Crippen LogP contribution in [0.3, 0.4) is 0 Å². The molecule has 1 atom stereocenters. The van der Waals surface area contributed by atoms with Gasteiger partial charge in [0.25, 0.3) is 5.91 Å². The maximum Gasteiger partial charge on any atom is 0.251 e. The molecule has 27 heavy (non-hydrogen) atoms. The van der Waals surface area contributed by atoms with Crippen LogP contribution in [0.2, 0.25) is 0 Å². The number of carbonyl (C=O) groups excluding carboxylic acids is 2. The minimum absolute atomic E-state index is 0.0639. The van der Waals surface area contributed by atoms with Gasteiger partial charge < -0.3 is 10.6 Å². The van der Waals surface area contributed by atoms with Gasteiger partial charge in [-0.05, 0) is 68.5 Å². The second-order valence-electron chi connectivity index (χ2n) is 7.76. The van der Waals surface area contributed by atoms with Crippen LogP contribution < -0.4 is 10.6 Å². The Morgan fingerprint density at radius 2 is 1.44 bits per heavy atom. The minimum atomic E-state index is -0.248. The molecule has 0 aromatic heterocycles. The fraction of sp³-hybridized carbons (Fsp3) is 0.391. The highest BCUT2D eigenvalue weighted by Gasteiger charge is 2.16. The molecular weight excluding hydrogens is 336 g/mol. The molecule has 0 spiro atoms. The van der Waals surface area contributed by atoms with Crippen molar-refractivity contribution in [3.8, 4) is 0 Å². The molecular formula is C23H30N2O2. The number of hydrogen-bond donors (Lipinski definition) is 2. The fourth-order valence-electron chi connectivity index (χ4n) is 2.87. The number of nitrogens with one attached hydrogen (secondary N) is 2. The smallest absolute Gasteiger partial charge is 0.251 e. The second-order valence-corrected chi connectivity index (χ2v) is 7.76. The molecule has 144 valence electrons.